The van der Waals surface area contributed by atoms with Gasteiger partial charge in [0, 0.05) is 19.1 Å². The third kappa shape index (κ3) is 3.28. The Morgan fingerprint density at radius 2 is 2.16 bits per heavy atom. The maximum absolute atomic E-state index is 11.8. The number of nitrogens with one attached hydrogen (secondary N) is 1. The van der Waals surface area contributed by atoms with Gasteiger partial charge < -0.3 is 5.32 Å². The number of aryl methyl sites for hydroxylation is 1. The SMILES string of the molecule is CCn1ncc(NCC(C)N2CCCC2)c(Cl)c1=O. The summed E-state index contributed by atoms with van der Waals surface area (Å²) in [5.74, 6) is 0. The van der Waals surface area contributed by atoms with E-state index in [1.54, 1.807) is 6.20 Å². The van der Waals surface area contributed by atoms with E-state index < -0.39 is 0 Å². The number of likely N-dealkylation sites (tertiary alicyclic amines) is 1. The van der Waals surface area contributed by atoms with Crippen LogP contribution in [0.25, 0.3) is 0 Å². The Labute approximate surface area is 118 Å². The number of hydrogen-bond acceptors (Lipinski definition) is 4. The summed E-state index contributed by atoms with van der Waals surface area (Å²) in [6, 6.07) is 0.437. The zero-order valence-corrected chi connectivity index (χ0v) is 12.3. The standard InChI is InChI=1S/C13H21ClN4O/c1-3-18-13(19)12(14)11(9-16-18)15-8-10(2)17-6-4-5-7-17/h9-10,15H,3-8H2,1-2H3. The van der Waals surface area contributed by atoms with Crippen LogP contribution >= 0.6 is 11.6 Å². The molecule has 0 spiro atoms. The van der Waals surface area contributed by atoms with Gasteiger partial charge in [0.15, 0.2) is 0 Å². The summed E-state index contributed by atoms with van der Waals surface area (Å²) in [5.41, 5.74) is 0.394. The molecule has 106 valence electrons. The highest BCUT2D eigenvalue weighted by Crippen LogP contribution is 2.17. The van der Waals surface area contributed by atoms with Crippen LogP contribution in [0.1, 0.15) is 26.7 Å². The van der Waals surface area contributed by atoms with Crippen molar-refractivity contribution in [1.29, 1.82) is 0 Å². The smallest absolute Gasteiger partial charge is 0.287 e. The number of halogens is 1. The first kappa shape index (κ1) is 14.3. The van der Waals surface area contributed by atoms with Crippen LogP contribution < -0.4 is 10.9 Å². The van der Waals surface area contributed by atoms with E-state index in [1.807, 2.05) is 6.92 Å². The fourth-order valence-corrected chi connectivity index (χ4v) is 2.60. The second kappa shape index (κ2) is 6.39. The fourth-order valence-electron chi connectivity index (χ4n) is 2.38. The maximum Gasteiger partial charge on any atom is 0.287 e. The maximum atomic E-state index is 11.8. The Morgan fingerprint density at radius 1 is 1.47 bits per heavy atom. The monoisotopic (exact) mass is 284 g/mol. The molecule has 19 heavy (non-hydrogen) atoms. The first-order valence-electron chi connectivity index (χ1n) is 6.87. The second-order valence-corrected chi connectivity index (χ2v) is 5.34. The predicted octanol–water partition coefficient (Wildman–Crippen LogP) is 1.81. The molecule has 0 radical (unpaired) electrons. The topological polar surface area (TPSA) is 50.2 Å². The van der Waals surface area contributed by atoms with Gasteiger partial charge in [-0.25, -0.2) is 4.68 Å². The van der Waals surface area contributed by atoms with Gasteiger partial charge in [-0.1, -0.05) is 11.6 Å². The zero-order chi connectivity index (χ0) is 13.8. The van der Waals surface area contributed by atoms with Crippen LogP contribution in [-0.4, -0.2) is 40.4 Å². The molecule has 0 saturated carbocycles. The average molecular weight is 285 g/mol. The van der Waals surface area contributed by atoms with Crippen LogP contribution in [0.2, 0.25) is 5.02 Å². The summed E-state index contributed by atoms with van der Waals surface area (Å²) in [4.78, 5) is 14.3. The van der Waals surface area contributed by atoms with E-state index in [1.165, 1.54) is 17.5 Å². The van der Waals surface area contributed by atoms with Crippen molar-refractivity contribution in [2.45, 2.75) is 39.3 Å². The minimum atomic E-state index is -0.233. The zero-order valence-electron chi connectivity index (χ0n) is 11.5. The largest absolute Gasteiger partial charge is 0.381 e. The Kier molecular flexibility index (Phi) is 4.82. The molecule has 1 aliphatic heterocycles. The van der Waals surface area contributed by atoms with Gasteiger partial charge in [0.2, 0.25) is 0 Å². The average Bonchev–Trinajstić information content (AvgIpc) is 2.94. The van der Waals surface area contributed by atoms with Crippen molar-refractivity contribution < 1.29 is 0 Å². The van der Waals surface area contributed by atoms with Crippen LogP contribution in [0, 0.1) is 0 Å². The van der Waals surface area contributed by atoms with Gasteiger partial charge in [0.05, 0.1) is 11.9 Å². The highest BCUT2D eigenvalue weighted by molar-refractivity contribution is 6.32. The van der Waals surface area contributed by atoms with Crippen molar-refractivity contribution in [2.24, 2.45) is 0 Å². The molecule has 0 aromatic carbocycles. The molecule has 1 aromatic heterocycles. The van der Waals surface area contributed by atoms with Gasteiger partial charge in [0.1, 0.15) is 5.02 Å². The molecule has 1 saturated heterocycles. The lowest BCUT2D eigenvalue weighted by atomic mass is 10.3. The Morgan fingerprint density at radius 3 is 2.79 bits per heavy atom. The number of aromatic nitrogens is 2. The molecule has 1 unspecified atom stereocenters. The van der Waals surface area contributed by atoms with E-state index in [-0.39, 0.29) is 10.6 Å². The van der Waals surface area contributed by atoms with Crippen molar-refractivity contribution in [1.82, 2.24) is 14.7 Å². The Balaban J connectivity index is 1.99. The van der Waals surface area contributed by atoms with Gasteiger partial charge in [-0.3, -0.25) is 9.69 Å². The summed E-state index contributed by atoms with van der Waals surface area (Å²) in [7, 11) is 0. The number of nitrogens with zero attached hydrogens (tertiary/aromatic N) is 3. The Bertz CT molecular complexity index is 482. The molecule has 2 heterocycles. The highest BCUT2D eigenvalue weighted by Gasteiger charge is 2.18. The normalized spacial score (nSPS) is 17.6. The van der Waals surface area contributed by atoms with E-state index in [0.29, 0.717) is 18.3 Å². The summed E-state index contributed by atoms with van der Waals surface area (Å²) >= 11 is 6.07. The van der Waals surface area contributed by atoms with Crippen LogP contribution in [0.5, 0.6) is 0 Å². The molecule has 1 aliphatic rings. The van der Waals surface area contributed by atoms with Crippen LogP contribution in [-0.2, 0) is 6.54 Å². The van der Waals surface area contributed by atoms with Gasteiger partial charge >= 0.3 is 0 Å². The molecular weight excluding hydrogens is 264 g/mol. The molecule has 0 bridgehead atoms. The Hall–Kier alpha value is -1.07. The van der Waals surface area contributed by atoms with Crippen LogP contribution in [0.15, 0.2) is 11.0 Å². The van der Waals surface area contributed by atoms with Crippen molar-refractivity contribution in [2.75, 3.05) is 25.0 Å². The molecule has 0 amide bonds. The first-order chi connectivity index (χ1) is 9.13. The van der Waals surface area contributed by atoms with Crippen molar-refractivity contribution in [3.05, 3.63) is 21.6 Å². The molecule has 1 atom stereocenters. The highest BCUT2D eigenvalue weighted by atomic mass is 35.5. The van der Waals surface area contributed by atoms with Crippen molar-refractivity contribution in [3.63, 3.8) is 0 Å². The second-order valence-electron chi connectivity index (χ2n) is 4.97. The van der Waals surface area contributed by atoms with E-state index in [4.69, 9.17) is 11.6 Å². The quantitative estimate of drug-likeness (QED) is 0.896. The lowest BCUT2D eigenvalue weighted by Crippen LogP contribution is -2.36. The molecule has 1 fully saturated rings. The summed E-state index contributed by atoms with van der Waals surface area (Å²) in [6.07, 6.45) is 4.18. The van der Waals surface area contributed by atoms with Gasteiger partial charge in [-0.2, -0.15) is 5.10 Å². The molecule has 6 heteroatoms. The molecule has 0 aliphatic carbocycles. The lowest BCUT2D eigenvalue weighted by molar-refractivity contribution is 0.269. The van der Waals surface area contributed by atoms with Crippen molar-refractivity contribution >= 4 is 17.3 Å². The predicted molar refractivity (Wildman–Crippen MR) is 77.9 cm³/mol. The van der Waals surface area contributed by atoms with Gasteiger partial charge in [0.25, 0.3) is 5.56 Å². The minimum absolute atomic E-state index is 0.227. The van der Waals surface area contributed by atoms with Gasteiger partial charge in [-0.15, -0.1) is 0 Å². The molecule has 2 rings (SSSR count). The van der Waals surface area contributed by atoms with Gasteiger partial charge in [-0.05, 0) is 39.8 Å². The third-order valence-electron chi connectivity index (χ3n) is 3.64. The molecular formula is C13H21ClN4O. The van der Waals surface area contributed by atoms with E-state index >= 15 is 0 Å². The lowest BCUT2D eigenvalue weighted by Gasteiger charge is -2.24. The number of anilines is 1. The fraction of sp³-hybridized carbons (Fsp3) is 0.692. The minimum Gasteiger partial charge on any atom is -0.381 e. The van der Waals surface area contributed by atoms with E-state index in [0.717, 1.165) is 19.6 Å². The van der Waals surface area contributed by atoms with E-state index in [9.17, 15) is 4.79 Å². The first-order valence-corrected chi connectivity index (χ1v) is 7.24. The molecule has 1 N–H and O–H groups in total. The summed E-state index contributed by atoms with van der Waals surface area (Å²) in [6.45, 7) is 7.68. The van der Waals surface area contributed by atoms with Crippen LogP contribution in [0.3, 0.4) is 0 Å². The van der Waals surface area contributed by atoms with Crippen LogP contribution in [0.4, 0.5) is 5.69 Å². The van der Waals surface area contributed by atoms with E-state index in [2.05, 4.69) is 22.2 Å². The molecule has 5 nitrogen and oxygen atoms in total. The summed E-state index contributed by atoms with van der Waals surface area (Å²) in [5, 5.41) is 7.54. The third-order valence-corrected chi connectivity index (χ3v) is 4.00. The molecule has 1 aromatic rings. The number of hydrogen-bond donors (Lipinski definition) is 1. The number of rotatable bonds is 5. The summed E-state index contributed by atoms with van der Waals surface area (Å²) < 4.78 is 1.36. The van der Waals surface area contributed by atoms with Crippen molar-refractivity contribution in [3.8, 4) is 0 Å².